The van der Waals surface area contributed by atoms with Crippen LogP contribution in [0.4, 0.5) is 4.39 Å². The minimum absolute atomic E-state index is 0.00428. The van der Waals surface area contributed by atoms with Gasteiger partial charge in [-0.2, -0.15) is 0 Å². The Bertz CT molecular complexity index is 536. The van der Waals surface area contributed by atoms with Crippen molar-refractivity contribution in [3.05, 3.63) is 34.6 Å². The topological polar surface area (TPSA) is 66.4 Å². The number of nitrogens with one attached hydrogen (secondary N) is 1. The minimum atomic E-state index is -3.11. The molecule has 2 atom stereocenters. The average Bonchev–Trinajstić information content (AvgIpc) is 2.27. The van der Waals surface area contributed by atoms with Gasteiger partial charge in [-0.1, -0.05) is 17.7 Å². The number of hydrogen-bond acceptors (Lipinski definition) is 4. The Kier molecular flexibility index (Phi) is 5.73. The lowest BCUT2D eigenvalue weighted by molar-refractivity contribution is 0.237. The number of hydrogen-bond donors (Lipinski definition) is 2. The summed E-state index contributed by atoms with van der Waals surface area (Å²) in [6, 6.07) is 3.32. The summed E-state index contributed by atoms with van der Waals surface area (Å²) in [4.78, 5) is 0. The highest BCUT2D eigenvalue weighted by atomic mass is 35.5. The molecule has 2 N–H and O–H groups in total. The van der Waals surface area contributed by atoms with E-state index in [9.17, 15) is 17.9 Å². The summed E-state index contributed by atoms with van der Waals surface area (Å²) in [5, 5.41) is 12.3. The van der Waals surface area contributed by atoms with E-state index in [0.29, 0.717) is 5.56 Å². The van der Waals surface area contributed by atoms with Crippen LogP contribution in [0.2, 0.25) is 5.02 Å². The predicted octanol–water partition coefficient (Wildman–Crippen LogP) is 1.54. The summed E-state index contributed by atoms with van der Waals surface area (Å²) >= 11 is 5.58. The van der Waals surface area contributed by atoms with E-state index in [1.54, 1.807) is 13.0 Å². The van der Waals surface area contributed by atoms with Gasteiger partial charge in [0.1, 0.15) is 15.7 Å². The fraction of sp³-hybridized carbons (Fsp3) is 0.500. The molecule has 1 aromatic rings. The summed E-state index contributed by atoms with van der Waals surface area (Å²) in [5.41, 5.74) is 0.518. The number of halogens is 2. The van der Waals surface area contributed by atoms with Crippen LogP contribution in [0.5, 0.6) is 0 Å². The molecule has 0 aliphatic rings. The summed E-state index contributed by atoms with van der Waals surface area (Å²) in [7, 11) is -3.11. The van der Waals surface area contributed by atoms with Gasteiger partial charge in [0.25, 0.3) is 0 Å². The molecule has 19 heavy (non-hydrogen) atoms. The van der Waals surface area contributed by atoms with Gasteiger partial charge in [-0.05, 0) is 24.6 Å². The lowest BCUT2D eigenvalue weighted by atomic mass is 10.1. The third kappa shape index (κ3) is 5.44. The zero-order valence-corrected chi connectivity index (χ0v) is 12.3. The van der Waals surface area contributed by atoms with Gasteiger partial charge in [0.05, 0.1) is 23.4 Å². The molecule has 0 fully saturated rings. The SMILES string of the molecule is CC(CS(C)(=O)=O)NC(CO)c1ccc(Cl)c(F)c1. The third-order valence-electron chi connectivity index (χ3n) is 2.57. The van der Waals surface area contributed by atoms with Crippen LogP contribution < -0.4 is 5.32 Å². The van der Waals surface area contributed by atoms with Crippen LogP contribution in [0, 0.1) is 5.82 Å². The molecule has 1 aromatic carbocycles. The standard InChI is InChI=1S/C12H17ClFNO3S/c1-8(7-19(2,17)18)15-12(6-16)9-3-4-10(13)11(14)5-9/h3-5,8,12,15-16H,6-7H2,1-2H3. The summed E-state index contributed by atoms with van der Waals surface area (Å²) in [6.45, 7) is 1.42. The van der Waals surface area contributed by atoms with E-state index in [4.69, 9.17) is 11.6 Å². The first kappa shape index (κ1) is 16.4. The highest BCUT2D eigenvalue weighted by Crippen LogP contribution is 2.20. The van der Waals surface area contributed by atoms with Gasteiger partial charge < -0.3 is 10.4 Å². The Morgan fingerprint density at radius 2 is 2.11 bits per heavy atom. The number of rotatable bonds is 6. The fourth-order valence-corrected chi connectivity index (χ4v) is 2.95. The smallest absolute Gasteiger partial charge is 0.148 e. The third-order valence-corrected chi connectivity index (χ3v) is 3.98. The zero-order valence-electron chi connectivity index (χ0n) is 10.7. The van der Waals surface area contributed by atoms with Crippen molar-refractivity contribution >= 4 is 21.4 Å². The second-order valence-corrected chi connectivity index (χ2v) is 7.16. The molecule has 0 saturated heterocycles. The van der Waals surface area contributed by atoms with E-state index in [2.05, 4.69) is 5.32 Å². The Labute approximate surface area is 117 Å². The van der Waals surface area contributed by atoms with Gasteiger partial charge in [-0.15, -0.1) is 0 Å². The van der Waals surface area contributed by atoms with Crippen LogP contribution in [-0.4, -0.2) is 38.2 Å². The van der Waals surface area contributed by atoms with E-state index in [1.165, 1.54) is 12.1 Å². The first-order valence-electron chi connectivity index (χ1n) is 5.72. The largest absolute Gasteiger partial charge is 0.394 e. The molecule has 0 aromatic heterocycles. The molecule has 2 unspecified atom stereocenters. The predicted molar refractivity (Wildman–Crippen MR) is 73.5 cm³/mol. The molecular weight excluding hydrogens is 293 g/mol. The molecule has 0 bridgehead atoms. The lowest BCUT2D eigenvalue weighted by Gasteiger charge is -2.21. The molecule has 0 aliphatic heterocycles. The second kappa shape index (κ2) is 6.65. The molecule has 0 saturated carbocycles. The monoisotopic (exact) mass is 309 g/mol. The molecule has 1 rings (SSSR count). The van der Waals surface area contributed by atoms with Gasteiger partial charge in [0.2, 0.25) is 0 Å². The molecule has 0 spiro atoms. The average molecular weight is 310 g/mol. The van der Waals surface area contributed by atoms with Crippen molar-refractivity contribution < 1.29 is 17.9 Å². The normalized spacial score (nSPS) is 15.2. The van der Waals surface area contributed by atoms with Crippen LogP contribution >= 0.6 is 11.6 Å². The minimum Gasteiger partial charge on any atom is -0.394 e. The van der Waals surface area contributed by atoms with Crippen molar-refractivity contribution in [1.29, 1.82) is 0 Å². The number of aliphatic hydroxyl groups excluding tert-OH is 1. The molecule has 0 aliphatic carbocycles. The first-order valence-corrected chi connectivity index (χ1v) is 8.16. The molecule has 0 radical (unpaired) electrons. The summed E-state index contributed by atoms with van der Waals surface area (Å²) in [5.74, 6) is -0.630. The van der Waals surface area contributed by atoms with E-state index < -0.39 is 21.7 Å². The van der Waals surface area contributed by atoms with Gasteiger partial charge in [-0.25, -0.2) is 12.8 Å². The summed E-state index contributed by atoms with van der Waals surface area (Å²) in [6.07, 6.45) is 1.14. The molecular formula is C12H17ClFNO3S. The van der Waals surface area contributed by atoms with Crippen molar-refractivity contribution in [2.75, 3.05) is 18.6 Å². The Balaban J connectivity index is 2.80. The van der Waals surface area contributed by atoms with Gasteiger partial charge in [0, 0.05) is 12.3 Å². The quantitative estimate of drug-likeness (QED) is 0.836. The highest BCUT2D eigenvalue weighted by molar-refractivity contribution is 7.90. The van der Waals surface area contributed by atoms with Crippen molar-refractivity contribution in [3.63, 3.8) is 0 Å². The van der Waals surface area contributed by atoms with Crippen molar-refractivity contribution in [3.8, 4) is 0 Å². The van der Waals surface area contributed by atoms with E-state index in [0.717, 1.165) is 6.26 Å². The lowest BCUT2D eigenvalue weighted by Crippen LogP contribution is -2.37. The number of sulfone groups is 1. The molecule has 0 heterocycles. The molecule has 4 nitrogen and oxygen atoms in total. The van der Waals surface area contributed by atoms with Crippen LogP contribution in [0.3, 0.4) is 0 Å². The van der Waals surface area contributed by atoms with Crippen molar-refractivity contribution in [1.82, 2.24) is 5.32 Å². The van der Waals surface area contributed by atoms with Crippen LogP contribution in [-0.2, 0) is 9.84 Å². The molecule has 7 heteroatoms. The van der Waals surface area contributed by atoms with Gasteiger partial charge >= 0.3 is 0 Å². The van der Waals surface area contributed by atoms with Gasteiger partial charge in [-0.3, -0.25) is 0 Å². The van der Waals surface area contributed by atoms with E-state index in [1.807, 2.05) is 0 Å². The van der Waals surface area contributed by atoms with Gasteiger partial charge in [0.15, 0.2) is 0 Å². The van der Waals surface area contributed by atoms with Crippen LogP contribution in [0.1, 0.15) is 18.5 Å². The summed E-state index contributed by atoms with van der Waals surface area (Å²) < 4.78 is 35.7. The van der Waals surface area contributed by atoms with Crippen LogP contribution in [0.25, 0.3) is 0 Å². The zero-order chi connectivity index (χ0) is 14.6. The maximum atomic E-state index is 13.3. The maximum absolute atomic E-state index is 13.3. The maximum Gasteiger partial charge on any atom is 0.148 e. The Morgan fingerprint density at radius 3 is 2.58 bits per heavy atom. The molecule has 108 valence electrons. The van der Waals surface area contributed by atoms with Crippen molar-refractivity contribution in [2.24, 2.45) is 0 Å². The van der Waals surface area contributed by atoms with E-state index in [-0.39, 0.29) is 23.4 Å². The second-order valence-electron chi connectivity index (χ2n) is 4.57. The fourth-order valence-electron chi connectivity index (χ4n) is 1.83. The first-order chi connectivity index (χ1) is 8.73. The Morgan fingerprint density at radius 1 is 1.47 bits per heavy atom. The van der Waals surface area contributed by atoms with Crippen molar-refractivity contribution in [2.45, 2.75) is 19.0 Å². The van der Waals surface area contributed by atoms with Crippen LogP contribution in [0.15, 0.2) is 18.2 Å². The molecule has 0 amide bonds. The number of benzene rings is 1. The number of aliphatic hydroxyl groups is 1. The van der Waals surface area contributed by atoms with E-state index >= 15 is 0 Å². The Hall–Kier alpha value is -0.690. The highest BCUT2D eigenvalue weighted by Gasteiger charge is 2.17.